The molecular formula is C17H21N3O3. The zero-order valence-corrected chi connectivity index (χ0v) is 13.5. The lowest BCUT2D eigenvalue weighted by Crippen LogP contribution is -2.34. The van der Waals surface area contributed by atoms with Gasteiger partial charge in [-0.25, -0.2) is 0 Å². The van der Waals surface area contributed by atoms with Gasteiger partial charge in [-0.3, -0.25) is 14.7 Å². The van der Waals surface area contributed by atoms with Crippen molar-refractivity contribution in [3.8, 4) is 0 Å². The largest absolute Gasteiger partial charge is 0.481 e. The van der Waals surface area contributed by atoms with Gasteiger partial charge in [-0.2, -0.15) is 5.10 Å². The third kappa shape index (κ3) is 4.18. The number of carbonyl (C=O) groups excluding carboxylic acids is 1. The first kappa shape index (κ1) is 16.7. The van der Waals surface area contributed by atoms with E-state index in [1.165, 1.54) is 0 Å². The highest BCUT2D eigenvalue weighted by Crippen LogP contribution is 2.12. The summed E-state index contributed by atoms with van der Waals surface area (Å²) in [5.74, 6) is -1.90. The average molecular weight is 315 g/mol. The van der Waals surface area contributed by atoms with Crippen LogP contribution in [0, 0.1) is 26.7 Å². The van der Waals surface area contributed by atoms with E-state index in [2.05, 4.69) is 15.5 Å². The van der Waals surface area contributed by atoms with E-state index in [9.17, 15) is 14.7 Å². The Morgan fingerprint density at radius 1 is 1.22 bits per heavy atom. The number of amides is 1. The summed E-state index contributed by atoms with van der Waals surface area (Å²) < 4.78 is 0. The average Bonchev–Trinajstić information content (AvgIpc) is 2.84. The van der Waals surface area contributed by atoms with Gasteiger partial charge in [-0.05, 0) is 32.8 Å². The summed E-state index contributed by atoms with van der Waals surface area (Å²) in [4.78, 5) is 23.6. The first-order valence-electron chi connectivity index (χ1n) is 7.46. The Kier molecular flexibility index (Phi) is 5.16. The summed E-state index contributed by atoms with van der Waals surface area (Å²) in [6.45, 7) is 5.55. The van der Waals surface area contributed by atoms with E-state index in [1.807, 2.05) is 31.2 Å². The van der Waals surface area contributed by atoms with Crippen LogP contribution in [-0.4, -0.2) is 33.7 Å². The van der Waals surface area contributed by atoms with Crippen LogP contribution in [-0.2, 0) is 11.2 Å². The number of carboxylic acids is 1. The molecule has 2 rings (SSSR count). The lowest BCUT2D eigenvalue weighted by Gasteiger charge is -2.14. The number of hydrogen-bond donors (Lipinski definition) is 3. The van der Waals surface area contributed by atoms with Crippen molar-refractivity contribution in [3.05, 3.63) is 52.3 Å². The summed E-state index contributed by atoms with van der Waals surface area (Å²) in [6.07, 6.45) is 0.374. The van der Waals surface area contributed by atoms with Crippen LogP contribution in [0.2, 0.25) is 0 Å². The van der Waals surface area contributed by atoms with Gasteiger partial charge in [0.1, 0.15) is 0 Å². The summed E-state index contributed by atoms with van der Waals surface area (Å²) in [5.41, 5.74) is 3.81. The molecule has 1 heterocycles. The van der Waals surface area contributed by atoms with Crippen LogP contribution in [0.25, 0.3) is 0 Å². The molecule has 1 aromatic heterocycles. The first-order valence-corrected chi connectivity index (χ1v) is 7.46. The van der Waals surface area contributed by atoms with E-state index in [1.54, 1.807) is 13.8 Å². The summed E-state index contributed by atoms with van der Waals surface area (Å²) in [7, 11) is 0. The van der Waals surface area contributed by atoms with Crippen LogP contribution < -0.4 is 5.32 Å². The van der Waals surface area contributed by atoms with Crippen molar-refractivity contribution < 1.29 is 14.7 Å². The Balaban J connectivity index is 2.01. The standard InChI is InChI=1S/C17H21N3O3/c1-10-4-6-13(7-5-10)8-14(17(22)23)9-18-16(21)15-11(2)19-20-12(15)3/h4-7,14H,8-9H2,1-3H3,(H,18,21)(H,19,20)(H,22,23)/t14-/m0/s1. The predicted molar refractivity (Wildman–Crippen MR) is 86.4 cm³/mol. The van der Waals surface area contributed by atoms with Gasteiger partial charge < -0.3 is 10.4 Å². The molecule has 1 atom stereocenters. The van der Waals surface area contributed by atoms with E-state index < -0.39 is 11.9 Å². The Morgan fingerprint density at radius 2 is 1.87 bits per heavy atom. The summed E-state index contributed by atoms with van der Waals surface area (Å²) >= 11 is 0. The Morgan fingerprint density at radius 3 is 2.39 bits per heavy atom. The molecule has 6 nitrogen and oxygen atoms in total. The predicted octanol–water partition coefficient (Wildman–Crippen LogP) is 2.01. The van der Waals surface area contributed by atoms with E-state index in [4.69, 9.17) is 0 Å². The van der Waals surface area contributed by atoms with Crippen LogP contribution in [0.15, 0.2) is 24.3 Å². The second kappa shape index (κ2) is 7.09. The number of rotatable bonds is 6. The lowest BCUT2D eigenvalue weighted by atomic mass is 9.98. The molecule has 0 aliphatic heterocycles. The number of carbonyl (C=O) groups is 2. The normalized spacial score (nSPS) is 12.0. The van der Waals surface area contributed by atoms with Gasteiger partial charge in [0.2, 0.25) is 0 Å². The minimum Gasteiger partial charge on any atom is -0.481 e. The number of aliphatic carboxylic acids is 1. The fourth-order valence-electron chi connectivity index (χ4n) is 2.45. The Bertz CT molecular complexity index is 685. The minimum atomic E-state index is -0.925. The fourth-order valence-corrected chi connectivity index (χ4v) is 2.45. The maximum atomic E-state index is 12.2. The SMILES string of the molecule is Cc1ccc(C[C@@H](CNC(=O)c2c(C)n[nH]c2C)C(=O)O)cc1. The number of nitrogens with one attached hydrogen (secondary N) is 2. The van der Waals surface area contributed by atoms with Crippen LogP contribution in [0.4, 0.5) is 0 Å². The highest BCUT2D eigenvalue weighted by atomic mass is 16.4. The Labute approximate surface area is 134 Å². The van der Waals surface area contributed by atoms with E-state index in [0.717, 1.165) is 11.1 Å². The molecule has 0 saturated carbocycles. The number of H-pyrrole nitrogens is 1. The van der Waals surface area contributed by atoms with Gasteiger partial charge in [-0.1, -0.05) is 29.8 Å². The van der Waals surface area contributed by atoms with E-state index in [-0.39, 0.29) is 12.5 Å². The summed E-state index contributed by atoms with van der Waals surface area (Å²) in [6, 6.07) is 7.73. The molecule has 1 aromatic carbocycles. The number of nitrogens with zero attached hydrogens (tertiary/aromatic N) is 1. The first-order chi connectivity index (χ1) is 10.9. The zero-order chi connectivity index (χ0) is 17.0. The smallest absolute Gasteiger partial charge is 0.308 e. The van der Waals surface area contributed by atoms with Gasteiger partial charge in [0.05, 0.1) is 17.2 Å². The maximum absolute atomic E-state index is 12.2. The topological polar surface area (TPSA) is 95.1 Å². The van der Waals surface area contributed by atoms with Crippen molar-refractivity contribution in [3.63, 3.8) is 0 Å². The maximum Gasteiger partial charge on any atom is 0.308 e. The number of aromatic amines is 1. The zero-order valence-electron chi connectivity index (χ0n) is 13.5. The van der Waals surface area contributed by atoms with Crippen LogP contribution in [0.3, 0.4) is 0 Å². The van der Waals surface area contributed by atoms with Gasteiger partial charge in [0, 0.05) is 12.2 Å². The number of aromatic nitrogens is 2. The van der Waals surface area contributed by atoms with Gasteiger partial charge >= 0.3 is 5.97 Å². The van der Waals surface area contributed by atoms with Crippen molar-refractivity contribution in [1.29, 1.82) is 0 Å². The van der Waals surface area contributed by atoms with Crippen LogP contribution >= 0.6 is 0 Å². The number of aryl methyl sites for hydroxylation is 3. The number of benzene rings is 1. The third-order valence-corrected chi connectivity index (χ3v) is 3.82. The highest BCUT2D eigenvalue weighted by molar-refractivity contribution is 5.96. The molecule has 0 saturated heterocycles. The third-order valence-electron chi connectivity index (χ3n) is 3.82. The molecule has 0 spiro atoms. The molecule has 122 valence electrons. The van der Waals surface area contributed by atoms with Gasteiger partial charge in [0.25, 0.3) is 5.91 Å². The van der Waals surface area contributed by atoms with Gasteiger partial charge in [0.15, 0.2) is 0 Å². The molecule has 1 amide bonds. The van der Waals surface area contributed by atoms with Crippen molar-refractivity contribution >= 4 is 11.9 Å². The van der Waals surface area contributed by atoms with Crippen LogP contribution in [0.5, 0.6) is 0 Å². The van der Waals surface area contributed by atoms with E-state index in [0.29, 0.717) is 23.4 Å². The monoisotopic (exact) mass is 315 g/mol. The molecule has 0 aliphatic carbocycles. The molecule has 0 aliphatic rings. The fraction of sp³-hybridized carbons (Fsp3) is 0.353. The second-order valence-corrected chi connectivity index (χ2v) is 5.74. The minimum absolute atomic E-state index is 0.0755. The van der Waals surface area contributed by atoms with Gasteiger partial charge in [-0.15, -0.1) is 0 Å². The molecule has 6 heteroatoms. The van der Waals surface area contributed by atoms with Crippen molar-refractivity contribution in [2.75, 3.05) is 6.54 Å². The van der Waals surface area contributed by atoms with Crippen molar-refractivity contribution in [2.45, 2.75) is 27.2 Å². The molecule has 2 aromatic rings. The molecule has 0 bridgehead atoms. The molecule has 0 fully saturated rings. The van der Waals surface area contributed by atoms with Crippen LogP contribution in [0.1, 0.15) is 32.9 Å². The highest BCUT2D eigenvalue weighted by Gasteiger charge is 2.21. The molecular weight excluding hydrogens is 294 g/mol. The quantitative estimate of drug-likeness (QED) is 0.760. The summed E-state index contributed by atoms with van der Waals surface area (Å²) in [5, 5.41) is 18.8. The second-order valence-electron chi connectivity index (χ2n) is 5.74. The Hall–Kier alpha value is -2.63. The van der Waals surface area contributed by atoms with Crippen molar-refractivity contribution in [1.82, 2.24) is 15.5 Å². The van der Waals surface area contributed by atoms with Crippen molar-refractivity contribution in [2.24, 2.45) is 5.92 Å². The molecule has 23 heavy (non-hydrogen) atoms. The number of carboxylic acid groups (broad SMARTS) is 1. The lowest BCUT2D eigenvalue weighted by molar-refractivity contribution is -0.141. The number of hydrogen-bond acceptors (Lipinski definition) is 3. The molecule has 0 radical (unpaired) electrons. The molecule has 0 unspecified atom stereocenters. The molecule has 3 N–H and O–H groups in total. The van der Waals surface area contributed by atoms with E-state index >= 15 is 0 Å².